The lowest BCUT2D eigenvalue weighted by molar-refractivity contribution is 0.503. The zero-order valence-electron chi connectivity index (χ0n) is 10.2. The fraction of sp³-hybridized carbons (Fsp3) is 0.667. The van der Waals surface area contributed by atoms with Crippen LogP contribution in [0.25, 0.3) is 0 Å². The molecule has 0 atom stereocenters. The van der Waals surface area contributed by atoms with Crippen LogP contribution < -0.4 is 10.9 Å². The predicted octanol–water partition coefficient (Wildman–Crippen LogP) is 2.83. The predicted molar refractivity (Wildman–Crippen MR) is 69.8 cm³/mol. The lowest BCUT2D eigenvalue weighted by Crippen LogP contribution is -2.27. The van der Waals surface area contributed by atoms with Crippen molar-refractivity contribution in [3.05, 3.63) is 21.6 Å². The molecular formula is C12H18ClN3O. The Bertz CT molecular complexity index is 450. The summed E-state index contributed by atoms with van der Waals surface area (Å²) in [5.41, 5.74) is 0.449. The first-order valence-corrected chi connectivity index (χ1v) is 6.51. The van der Waals surface area contributed by atoms with Crippen molar-refractivity contribution in [2.45, 2.75) is 51.6 Å². The maximum absolute atomic E-state index is 11.9. The monoisotopic (exact) mass is 255 g/mol. The highest BCUT2D eigenvalue weighted by Gasteiger charge is 2.18. The van der Waals surface area contributed by atoms with Crippen LogP contribution in [0.1, 0.15) is 45.6 Å². The van der Waals surface area contributed by atoms with E-state index in [1.807, 2.05) is 13.8 Å². The van der Waals surface area contributed by atoms with E-state index in [4.69, 9.17) is 11.6 Å². The van der Waals surface area contributed by atoms with Gasteiger partial charge < -0.3 is 5.32 Å². The van der Waals surface area contributed by atoms with Crippen molar-refractivity contribution in [1.29, 1.82) is 0 Å². The van der Waals surface area contributed by atoms with E-state index in [9.17, 15) is 4.79 Å². The summed E-state index contributed by atoms with van der Waals surface area (Å²) in [7, 11) is 0. The minimum Gasteiger partial charge on any atom is -0.380 e. The van der Waals surface area contributed by atoms with Gasteiger partial charge in [0.1, 0.15) is 5.02 Å². The van der Waals surface area contributed by atoms with Crippen molar-refractivity contribution >= 4 is 17.3 Å². The number of aromatic nitrogens is 2. The summed E-state index contributed by atoms with van der Waals surface area (Å²) in [6.07, 6.45) is 6.42. The smallest absolute Gasteiger partial charge is 0.287 e. The van der Waals surface area contributed by atoms with Crippen LogP contribution in [-0.2, 0) is 0 Å². The molecule has 1 saturated carbocycles. The Labute approximate surface area is 106 Å². The Morgan fingerprint density at radius 3 is 2.71 bits per heavy atom. The van der Waals surface area contributed by atoms with Crippen molar-refractivity contribution < 1.29 is 0 Å². The van der Waals surface area contributed by atoms with Crippen LogP contribution in [0.5, 0.6) is 0 Å². The van der Waals surface area contributed by atoms with E-state index in [2.05, 4.69) is 10.4 Å². The summed E-state index contributed by atoms with van der Waals surface area (Å²) >= 11 is 6.09. The van der Waals surface area contributed by atoms with E-state index < -0.39 is 0 Å². The molecule has 1 aromatic heterocycles. The van der Waals surface area contributed by atoms with Gasteiger partial charge >= 0.3 is 0 Å². The molecule has 0 spiro atoms. The van der Waals surface area contributed by atoms with Crippen molar-refractivity contribution in [3.63, 3.8) is 0 Å². The van der Waals surface area contributed by atoms with Gasteiger partial charge in [-0.2, -0.15) is 5.10 Å². The molecule has 5 heteroatoms. The van der Waals surface area contributed by atoms with Gasteiger partial charge in [-0.25, -0.2) is 4.68 Å². The second kappa shape index (κ2) is 5.08. The molecule has 0 aliphatic heterocycles. The van der Waals surface area contributed by atoms with E-state index in [1.54, 1.807) is 6.20 Å². The average molecular weight is 256 g/mol. The van der Waals surface area contributed by atoms with Gasteiger partial charge in [0.05, 0.1) is 17.9 Å². The molecule has 1 heterocycles. The second-order valence-corrected chi connectivity index (χ2v) is 5.22. The largest absolute Gasteiger partial charge is 0.380 e. The summed E-state index contributed by atoms with van der Waals surface area (Å²) in [6, 6.07) is 0.462. The molecule has 0 bridgehead atoms. The lowest BCUT2D eigenvalue weighted by atomic mass is 10.2. The van der Waals surface area contributed by atoms with Crippen LogP contribution in [0, 0.1) is 0 Å². The number of halogens is 1. The van der Waals surface area contributed by atoms with E-state index in [-0.39, 0.29) is 16.6 Å². The van der Waals surface area contributed by atoms with Crippen LogP contribution in [0.3, 0.4) is 0 Å². The normalized spacial score (nSPS) is 16.7. The van der Waals surface area contributed by atoms with Crippen molar-refractivity contribution in [3.8, 4) is 0 Å². The molecule has 17 heavy (non-hydrogen) atoms. The van der Waals surface area contributed by atoms with Gasteiger partial charge in [-0.3, -0.25) is 4.79 Å². The van der Waals surface area contributed by atoms with Crippen LogP contribution in [0.4, 0.5) is 5.69 Å². The van der Waals surface area contributed by atoms with Gasteiger partial charge in [-0.1, -0.05) is 24.4 Å². The minimum absolute atomic E-state index is 0.0283. The number of hydrogen-bond acceptors (Lipinski definition) is 3. The zero-order valence-corrected chi connectivity index (χ0v) is 11.0. The van der Waals surface area contributed by atoms with Crippen LogP contribution >= 0.6 is 11.6 Å². The Hall–Kier alpha value is -1.03. The number of anilines is 1. The molecule has 94 valence electrons. The van der Waals surface area contributed by atoms with Crippen LogP contribution in [0.15, 0.2) is 11.0 Å². The van der Waals surface area contributed by atoms with Crippen LogP contribution in [-0.4, -0.2) is 15.8 Å². The van der Waals surface area contributed by atoms with Gasteiger partial charge in [0, 0.05) is 6.04 Å². The molecule has 1 N–H and O–H groups in total. The summed E-state index contributed by atoms with van der Waals surface area (Å²) < 4.78 is 1.40. The lowest BCUT2D eigenvalue weighted by Gasteiger charge is -2.16. The number of nitrogens with one attached hydrogen (secondary N) is 1. The Kier molecular flexibility index (Phi) is 3.72. The van der Waals surface area contributed by atoms with Crippen molar-refractivity contribution in [2.75, 3.05) is 5.32 Å². The van der Waals surface area contributed by atoms with Gasteiger partial charge in [-0.05, 0) is 26.7 Å². The molecule has 1 aliphatic rings. The topological polar surface area (TPSA) is 46.9 Å². The van der Waals surface area contributed by atoms with Crippen molar-refractivity contribution in [2.24, 2.45) is 0 Å². The number of nitrogens with zero attached hydrogens (tertiary/aromatic N) is 2. The first-order chi connectivity index (χ1) is 8.09. The third-order valence-corrected chi connectivity index (χ3v) is 3.51. The third kappa shape index (κ3) is 2.63. The number of rotatable bonds is 3. The highest BCUT2D eigenvalue weighted by molar-refractivity contribution is 6.32. The molecule has 1 aliphatic carbocycles. The zero-order chi connectivity index (χ0) is 12.4. The first kappa shape index (κ1) is 12.4. The summed E-state index contributed by atoms with van der Waals surface area (Å²) in [5.74, 6) is 0. The second-order valence-electron chi connectivity index (χ2n) is 4.84. The Morgan fingerprint density at radius 1 is 1.47 bits per heavy atom. The van der Waals surface area contributed by atoms with Crippen molar-refractivity contribution in [1.82, 2.24) is 9.78 Å². The molecule has 0 amide bonds. The first-order valence-electron chi connectivity index (χ1n) is 6.13. The standard InChI is InChI=1S/C12H18ClN3O/c1-8(2)16-12(17)11(13)10(7-14-16)15-9-5-3-4-6-9/h7-9,15H,3-6H2,1-2H3. The summed E-state index contributed by atoms with van der Waals surface area (Å²) in [4.78, 5) is 11.9. The molecule has 2 rings (SSSR count). The average Bonchev–Trinajstić information content (AvgIpc) is 2.77. The van der Waals surface area contributed by atoms with Gasteiger partial charge in [0.2, 0.25) is 0 Å². The fourth-order valence-electron chi connectivity index (χ4n) is 2.20. The molecular weight excluding hydrogens is 238 g/mol. The SMILES string of the molecule is CC(C)n1ncc(NC2CCCC2)c(Cl)c1=O. The van der Waals surface area contributed by atoms with E-state index in [0.717, 1.165) is 12.8 Å². The molecule has 0 aromatic carbocycles. The molecule has 0 unspecified atom stereocenters. The van der Waals surface area contributed by atoms with Crippen LogP contribution in [0.2, 0.25) is 5.02 Å². The quantitative estimate of drug-likeness (QED) is 0.904. The molecule has 0 radical (unpaired) electrons. The van der Waals surface area contributed by atoms with Gasteiger partial charge in [0.15, 0.2) is 0 Å². The number of hydrogen-bond donors (Lipinski definition) is 1. The summed E-state index contributed by atoms with van der Waals surface area (Å²) in [5, 5.41) is 7.70. The molecule has 1 fully saturated rings. The molecule has 1 aromatic rings. The van der Waals surface area contributed by atoms with E-state index in [0.29, 0.717) is 11.7 Å². The van der Waals surface area contributed by atoms with Gasteiger partial charge in [0.25, 0.3) is 5.56 Å². The van der Waals surface area contributed by atoms with Gasteiger partial charge in [-0.15, -0.1) is 0 Å². The minimum atomic E-state index is -0.218. The van der Waals surface area contributed by atoms with E-state index >= 15 is 0 Å². The maximum atomic E-state index is 11.9. The highest BCUT2D eigenvalue weighted by Crippen LogP contribution is 2.24. The maximum Gasteiger partial charge on any atom is 0.287 e. The molecule has 4 nitrogen and oxygen atoms in total. The summed E-state index contributed by atoms with van der Waals surface area (Å²) in [6.45, 7) is 3.82. The third-order valence-electron chi connectivity index (χ3n) is 3.15. The van der Waals surface area contributed by atoms with E-state index in [1.165, 1.54) is 17.5 Å². The Morgan fingerprint density at radius 2 is 2.12 bits per heavy atom. The highest BCUT2D eigenvalue weighted by atomic mass is 35.5. The Balaban J connectivity index is 2.24. The molecule has 0 saturated heterocycles. The fourth-order valence-corrected chi connectivity index (χ4v) is 2.39.